The zero-order valence-electron chi connectivity index (χ0n) is 36.3. The van der Waals surface area contributed by atoms with Gasteiger partial charge in [-0.15, -0.1) is 20.4 Å². The first-order chi connectivity index (χ1) is 32.5. The van der Waals surface area contributed by atoms with Gasteiger partial charge in [-0.25, -0.2) is 0 Å². The predicted molar refractivity (Wildman–Crippen MR) is 271 cm³/mol. The van der Waals surface area contributed by atoms with Crippen molar-refractivity contribution in [3.63, 3.8) is 0 Å². The van der Waals surface area contributed by atoms with Crippen molar-refractivity contribution < 1.29 is 0 Å². The van der Waals surface area contributed by atoms with Crippen LogP contribution in [0.2, 0.25) is 5.02 Å². The maximum atomic E-state index is 6.25. The van der Waals surface area contributed by atoms with Crippen molar-refractivity contribution in [2.24, 2.45) is 0 Å². The molecule has 0 saturated heterocycles. The van der Waals surface area contributed by atoms with E-state index in [2.05, 4.69) is 187 Å². The van der Waals surface area contributed by atoms with Gasteiger partial charge in [0.15, 0.2) is 0 Å². The van der Waals surface area contributed by atoms with E-state index in [0.29, 0.717) is 5.02 Å². The monoisotopic (exact) mass is 874 g/mol. The highest BCUT2D eigenvalue weighted by molar-refractivity contribution is 6.31. The van der Waals surface area contributed by atoms with Gasteiger partial charge in [0.2, 0.25) is 0 Å². The number of aryl methyl sites for hydroxylation is 3. The van der Waals surface area contributed by atoms with E-state index >= 15 is 0 Å². The van der Waals surface area contributed by atoms with Crippen LogP contribution in [0.4, 0.5) is 34.1 Å². The molecular weight excluding hydrogens is 832 g/mol. The van der Waals surface area contributed by atoms with Crippen molar-refractivity contribution >= 4 is 79.9 Å². The van der Waals surface area contributed by atoms with Gasteiger partial charge < -0.3 is 9.80 Å². The van der Waals surface area contributed by atoms with Crippen LogP contribution in [0.5, 0.6) is 0 Å². The highest BCUT2D eigenvalue weighted by Gasteiger charge is 2.19. The molecule has 10 aromatic rings. The molecule has 318 valence electrons. The van der Waals surface area contributed by atoms with Crippen LogP contribution in [0, 0.1) is 6.92 Å². The molecule has 2 heterocycles. The molecule has 9 heteroatoms. The zero-order chi connectivity index (χ0) is 44.1. The van der Waals surface area contributed by atoms with E-state index in [9.17, 15) is 0 Å². The zero-order valence-corrected chi connectivity index (χ0v) is 37.0. The number of hydrogen-bond donors (Lipinski definition) is 0. The number of hydrogen-bond acceptors (Lipinski definition) is 6. The Balaban J connectivity index is 0.861. The average Bonchev–Trinajstić information content (AvgIpc) is 3.99. The molecule has 0 aliphatic heterocycles. The third-order valence-electron chi connectivity index (χ3n) is 12.7. The second-order valence-electron chi connectivity index (χ2n) is 17.0. The van der Waals surface area contributed by atoms with Crippen LogP contribution in [-0.4, -0.2) is 30.0 Å². The van der Waals surface area contributed by atoms with Crippen LogP contribution in [-0.2, 0) is 12.8 Å². The van der Waals surface area contributed by atoms with E-state index in [4.69, 9.17) is 32.0 Å². The van der Waals surface area contributed by atoms with Crippen molar-refractivity contribution in [2.75, 3.05) is 9.80 Å². The fourth-order valence-electron chi connectivity index (χ4n) is 9.22. The summed E-state index contributed by atoms with van der Waals surface area (Å²) < 4.78 is 0. The molecule has 0 fully saturated rings. The van der Waals surface area contributed by atoms with E-state index in [1.807, 2.05) is 24.3 Å². The summed E-state index contributed by atoms with van der Waals surface area (Å²) in [5.41, 5.74) is 20.2. The molecule has 2 aromatic heterocycles. The molecule has 8 aromatic carbocycles. The quantitative estimate of drug-likeness (QED) is 0.144. The molecule has 0 atom stereocenters. The normalized spacial score (nSPS) is 12.9. The summed E-state index contributed by atoms with van der Waals surface area (Å²) in [6, 6.07) is 60.0. The van der Waals surface area contributed by atoms with Crippen LogP contribution in [0.25, 0.3) is 56.7 Å². The van der Waals surface area contributed by atoms with Crippen molar-refractivity contribution in [3.05, 3.63) is 215 Å². The van der Waals surface area contributed by atoms with Gasteiger partial charge in [0, 0.05) is 39.1 Å². The summed E-state index contributed by atoms with van der Waals surface area (Å²) in [5, 5.41) is 19.6. The fourth-order valence-corrected chi connectivity index (χ4v) is 9.39. The van der Waals surface area contributed by atoms with Crippen LogP contribution >= 0.6 is 11.6 Å². The molecule has 0 bridgehead atoms. The Morgan fingerprint density at radius 1 is 0.409 bits per heavy atom. The standard InChI is InChI=1S/C57H43ClN8/c1-38-10-32-54-56(34-38)61-65(59-54)50-28-24-48(25-29-50)63(52-22-15-39-6-2-4-8-43(39)35-52)46-18-11-41(12-19-46)42-13-20-47(21-14-42)64(53-23-16-40-7-3-5-9-44(40)36-53)49-26-30-51(31-27-49)66-60-55-33-17-45(58)37-57(55)62-66/h4-5,8-37H,2-3,6-7H2,1H3. The van der Waals surface area contributed by atoms with E-state index in [-0.39, 0.29) is 0 Å². The molecular formula is C57H43ClN8. The number of nitrogens with zero attached hydrogens (tertiary/aromatic N) is 8. The molecule has 2 aliphatic carbocycles. The molecule has 0 spiro atoms. The fraction of sp³-hybridized carbons (Fsp3) is 0.0877. The number of anilines is 6. The molecule has 0 radical (unpaired) electrons. The number of aromatic nitrogens is 6. The minimum Gasteiger partial charge on any atom is -0.310 e. The Morgan fingerprint density at radius 3 is 1.30 bits per heavy atom. The van der Waals surface area contributed by atoms with E-state index in [1.54, 1.807) is 9.59 Å². The maximum Gasteiger partial charge on any atom is 0.115 e. The summed E-state index contributed by atoms with van der Waals surface area (Å²) >= 11 is 6.25. The first-order valence-electron chi connectivity index (χ1n) is 22.4. The third-order valence-corrected chi connectivity index (χ3v) is 12.9. The van der Waals surface area contributed by atoms with Gasteiger partial charge in [-0.1, -0.05) is 78.4 Å². The van der Waals surface area contributed by atoms with Gasteiger partial charge in [0.05, 0.1) is 11.4 Å². The predicted octanol–water partition coefficient (Wildman–Crippen LogP) is 14.6. The number of rotatable bonds is 9. The highest BCUT2D eigenvalue weighted by Crippen LogP contribution is 2.40. The molecule has 0 saturated carbocycles. The molecule has 0 amide bonds. The van der Waals surface area contributed by atoms with Crippen LogP contribution < -0.4 is 9.80 Å². The summed E-state index contributed by atoms with van der Waals surface area (Å²) in [4.78, 5) is 8.03. The lowest BCUT2D eigenvalue weighted by Gasteiger charge is -2.27. The largest absolute Gasteiger partial charge is 0.310 e. The topological polar surface area (TPSA) is 67.9 Å². The lowest BCUT2D eigenvalue weighted by molar-refractivity contribution is 0.765. The Labute approximate surface area is 388 Å². The number of benzene rings is 8. The third kappa shape index (κ3) is 7.51. The van der Waals surface area contributed by atoms with Gasteiger partial charge in [0.1, 0.15) is 22.1 Å². The van der Waals surface area contributed by atoms with E-state index in [0.717, 1.165) is 110 Å². The van der Waals surface area contributed by atoms with Crippen LogP contribution in [0.3, 0.4) is 0 Å². The second-order valence-corrected chi connectivity index (χ2v) is 17.5. The number of allylic oxidation sites excluding steroid dienone is 2. The second kappa shape index (κ2) is 16.5. The minimum absolute atomic E-state index is 0.639. The van der Waals surface area contributed by atoms with E-state index < -0.39 is 0 Å². The van der Waals surface area contributed by atoms with Crippen molar-refractivity contribution in [1.29, 1.82) is 0 Å². The lowest BCUT2D eigenvalue weighted by Crippen LogP contribution is -2.11. The van der Waals surface area contributed by atoms with Crippen molar-refractivity contribution in [2.45, 2.75) is 32.6 Å². The summed E-state index contributed by atoms with van der Waals surface area (Å²) in [5.74, 6) is 0. The Kier molecular flexibility index (Phi) is 9.87. The van der Waals surface area contributed by atoms with Gasteiger partial charge in [-0.3, -0.25) is 0 Å². The lowest BCUT2D eigenvalue weighted by atomic mass is 9.96. The molecule has 12 rings (SSSR count). The van der Waals surface area contributed by atoms with Gasteiger partial charge >= 0.3 is 0 Å². The first kappa shape index (κ1) is 39.5. The molecule has 66 heavy (non-hydrogen) atoms. The first-order valence-corrected chi connectivity index (χ1v) is 22.8. The average molecular weight is 875 g/mol. The number of fused-ring (bicyclic) bond motifs is 4. The van der Waals surface area contributed by atoms with E-state index in [1.165, 1.54) is 22.3 Å². The summed E-state index contributed by atoms with van der Waals surface area (Å²) in [7, 11) is 0. The molecule has 0 N–H and O–H groups in total. The molecule has 8 nitrogen and oxygen atoms in total. The Bertz CT molecular complexity index is 3260. The Hall–Kier alpha value is -8.07. The van der Waals surface area contributed by atoms with Crippen LogP contribution in [0.1, 0.15) is 40.7 Å². The maximum absolute atomic E-state index is 6.25. The smallest absolute Gasteiger partial charge is 0.115 e. The molecule has 0 unspecified atom stereocenters. The van der Waals surface area contributed by atoms with Crippen molar-refractivity contribution in [1.82, 2.24) is 30.0 Å². The van der Waals surface area contributed by atoms with Gasteiger partial charge in [0.25, 0.3) is 0 Å². The van der Waals surface area contributed by atoms with Crippen LogP contribution in [0.15, 0.2) is 182 Å². The Morgan fingerprint density at radius 2 is 0.818 bits per heavy atom. The van der Waals surface area contributed by atoms with Crippen molar-refractivity contribution in [3.8, 4) is 22.5 Å². The van der Waals surface area contributed by atoms with Gasteiger partial charge in [-0.05, 0) is 199 Å². The SMILES string of the molecule is Cc1ccc2nn(-c3ccc(N(c4ccc(-c5ccc(N(c6ccc(-n7nc8ccc(Cl)cc8n7)cc6)c6ccc7c(c6)C=CCC7)cc5)cc4)c4ccc5c(c4)C=CCC5)cc3)nc2c1. The number of halogens is 1. The molecule has 2 aliphatic rings. The minimum atomic E-state index is 0.639. The summed E-state index contributed by atoms with van der Waals surface area (Å²) in [6.07, 6.45) is 13.3. The highest BCUT2D eigenvalue weighted by atomic mass is 35.5. The summed E-state index contributed by atoms with van der Waals surface area (Å²) in [6.45, 7) is 2.08. The van der Waals surface area contributed by atoms with Gasteiger partial charge in [-0.2, -0.15) is 9.59 Å².